The van der Waals surface area contributed by atoms with Crippen LogP contribution in [0.5, 0.6) is 0 Å². The van der Waals surface area contributed by atoms with Crippen molar-refractivity contribution >= 4 is 11.3 Å². The van der Waals surface area contributed by atoms with Gasteiger partial charge < -0.3 is 0 Å². The highest BCUT2D eigenvalue weighted by Gasteiger charge is 2.39. The fourth-order valence-corrected chi connectivity index (χ4v) is 4.81. The van der Waals surface area contributed by atoms with Gasteiger partial charge in [-0.25, -0.2) is 14.5 Å². The number of nitrogens with zero attached hydrogens (tertiary/aromatic N) is 4. The monoisotopic (exact) mass is 465 g/mol. The molecule has 0 unspecified atom stereocenters. The minimum Gasteiger partial charge on any atom is -0.221 e. The minimum atomic E-state index is -4.61. The summed E-state index contributed by atoms with van der Waals surface area (Å²) >= 11 is 0. The normalized spacial score (nSPS) is 12.0. The number of aromatic nitrogens is 4. The van der Waals surface area contributed by atoms with E-state index >= 15 is 0 Å². The van der Waals surface area contributed by atoms with Gasteiger partial charge in [-0.1, -0.05) is 29.3 Å². The quantitative estimate of drug-likeness (QED) is 0.324. The third-order valence-electron chi connectivity index (χ3n) is 6.38. The van der Waals surface area contributed by atoms with Gasteiger partial charge in [0.25, 0.3) is 0 Å². The van der Waals surface area contributed by atoms with Crippen molar-refractivity contribution in [2.75, 3.05) is 0 Å². The van der Waals surface area contributed by atoms with Crippen molar-refractivity contribution in [2.24, 2.45) is 7.05 Å². The Morgan fingerprint density at radius 2 is 1.29 bits per heavy atom. The maximum Gasteiger partial charge on any atom is 0.437 e. The summed E-state index contributed by atoms with van der Waals surface area (Å²) < 4.78 is 42.7. The summed E-state index contributed by atoms with van der Waals surface area (Å²) in [4.78, 5) is 13.0. The first kappa shape index (κ1) is 23.8. The van der Waals surface area contributed by atoms with Crippen molar-refractivity contribution in [1.29, 1.82) is 0 Å². The third kappa shape index (κ3) is 3.93. The van der Waals surface area contributed by atoms with Crippen molar-refractivity contribution in [1.82, 2.24) is 15.0 Å². The number of benzene rings is 2. The highest BCUT2D eigenvalue weighted by atomic mass is 19.4. The summed E-state index contributed by atoms with van der Waals surface area (Å²) in [5, 5.41) is 0. The first-order valence-corrected chi connectivity index (χ1v) is 11.1. The first-order valence-electron chi connectivity index (χ1n) is 11.1. The summed E-state index contributed by atoms with van der Waals surface area (Å²) in [7, 11) is 1.82. The zero-order valence-electron chi connectivity index (χ0n) is 20.7. The Labute approximate surface area is 197 Å². The number of fused-ring (bicyclic) bond motifs is 1. The highest BCUT2D eigenvalue weighted by molar-refractivity contribution is 5.84. The molecule has 0 amide bonds. The number of aryl methyl sites for hydroxylation is 7. The Hall–Kier alpha value is -3.35. The largest absolute Gasteiger partial charge is 0.437 e. The second kappa shape index (κ2) is 8.15. The van der Waals surface area contributed by atoms with Gasteiger partial charge in [0, 0.05) is 18.1 Å². The molecule has 0 aliphatic rings. The molecule has 2 aromatic heterocycles. The molecule has 4 rings (SSSR count). The maximum atomic E-state index is 13.6. The molecule has 4 nitrogen and oxygen atoms in total. The molecule has 0 N–H and O–H groups in total. The average molecular weight is 466 g/mol. The van der Waals surface area contributed by atoms with Gasteiger partial charge in [-0.2, -0.15) is 13.2 Å². The molecule has 0 fully saturated rings. The van der Waals surface area contributed by atoms with Crippen LogP contribution in [0.25, 0.3) is 33.8 Å². The summed E-state index contributed by atoms with van der Waals surface area (Å²) in [6.07, 6.45) is -4.61. The van der Waals surface area contributed by atoms with Crippen molar-refractivity contribution in [3.63, 3.8) is 0 Å². The molecule has 0 aliphatic heterocycles. The van der Waals surface area contributed by atoms with Crippen LogP contribution in [0.2, 0.25) is 0 Å². The van der Waals surface area contributed by atoms with Crippen LogP contribution >= 0.6 is 0 Å². The molecule has 0 spiro atoms. The van der Waals surface area contributed by atoms with Gasteiger partial charge in [-0.15, -0.1) is 0 Å². The number of hydrogen-bond donors (Lipinski definition) is 0. The van der Waals surface area contributed by atoms with Crippen LogP contribution in [0.15, 0.2) is 24.3 Å². The second-order valence-corrected chi connectivity index (χ2v) is 9.20. The van der Waals surface area contributed by atoms with E-state index in [1.165, 1.54) is 6.92 Å². The molecule has 2 aromatic carbocycles. The van der Waals surface area contributed by atoms with Crippen LogP contribution in [0.1, 0.15) is 44.8 Å². The third-order valence-corrected chi connectivity index (χ3v) is 6.38. The fraction of sp³-hybridized carbons (Fsp3) is 0.333. The van der Waals surface area contributed by atoms with Crippen LogP contribution in [-0.2, 0) is 13.2 Å². The Bertz CT molecular complexity index is 1450. The van der Waals surface area contributed by atoms with Gasteiger partial charge in [0.2, 0.25) is 5.65 Å². The summed E-state index contributed by atoms with van der Waals surface area (Å²) in [6, 6.07) is 8.34. The molecule has 0 radical (unpaired) electrons. The summed E-state index contributed by atoms with van der Waals surface area (Å²) in [5.74, 6) is 0. The van der Waals surface area contributed by atoms with E-state index < -0.39 is 11.9 Å². The van der Waals surface area contributed by atoms with E-state index in [2.05, 4.69) is 48.1 Å². The lowest BCUT2D eigenvalue weighted by atomic mass is 9.91. The molecule has 0 bridgehead atoms. The van der Waals surface area contributed by atoms with E-state index in [9.17, 15) is 13.2 Å². The molecule has 2 heterocycles. The van der Waals surface area contributed by atoms with Gasteiger partial charge in [0.15, 0.2) is 17.1 Å². The van der Waals surface area contributed by atoms with Gasteiger partial charge >= 0.3 is 11.8 Å². The van der Waals surface area contributed by atoms with Crippen molar-refractivity contribution in [3.8, 4) is 22.5 Å². The summed E-state index contributed by atoms with van der Waals surface area (Å²) in [5.41, 5.74) is 8.82. The molecule has 176 valence electrons. The van der Waals surface area contributed by atoms with Gasteiger partial charge in [0.1, 0.15) is 5.69 Å². The minimum absolute atomic E-state index is 0.0272. The van der Waals surface area contributed by atoms with Gasteiger partial charge in [-0.3, -0.25) is 0 Å². The Balaban J connectivity index is 2.22. The van der Waals surface area contributed by atoms with Crippen LogP contribution in [0.3, 0.4) is 0 Å². The zero-order valence-corrected chi connectivity index (χ0v) is 20.7. The molecular weight excluding hydrogens is 437 g/mol. The maximum absolute atomic E-state index is 13.6. The molecule has 34 heavy (non-hydrogen) atoms. The van der Waals surface area contributed by atoms with E-state index in [1.54, 1.807) is 0 Å². The molecule has 7 heteroatoms. The molecule has 0 saturated heterocycles. The predicted octanol–water partition coefficient (Wildman–Crippen LogP) is 6.36. The lowest BCUT2D eigenvalue weighted by molar-refractivity contribution is -0.635. The average Bonchev–Trinajstić information content (AvgIpc) is 2.70. The highest BCUT2D eigenvalue weighted by Crippen LogP contribution is 2.37. The Morgan fingerprint density at radius 3 is 1.88 bits per heavy atom. The van der Waals surface area contributed by atoms with Crippen LogP contribution in [-0.4, -0.2) is 15.0 Å². The zero-order chi connectivity index (χ0) is 25.1. The molecular formula is C27H28F3N4+. The topological polar surface area (TPSA) is 42.6 Å². The van der Waals surface area contributed by atoms with E-state index in [1.807, 2.05) is 39.3 Å². The number of alkyl halides is 3. The van der Waals surface area contributed by atoms with Crippen LogP contribution < -0.4 is 4.57 Å². The Kier molecular flexibility index (Phi) is 5.70. The van der Waals surface area contributed by atoms with Gasteiger partial charge in [0.05, 0.1) is 7.05 Å². The molecule has 0 saturated carbocycles. The number of halogens is 3. The number of hydrogen-bond acceptors (Lipinski definition) is 3. The van der Waals surface area contributed by atoms with Crippen LogP contribution in [0, 0.1) is 48.5 Å². The Morgan fingerprint density at radius 1 is 0.735 bits per heavy atom. The van der Waals surface area contributed by atoms with E-state index in [-0.39, 0.29) is 11.3 Å². The smallest absolute Gasteiger partial charge is 0.221 e. The lowest BCUT2D eigenvalue weighted by Crippen LogP contribution is -2.36. The van der Waals surface area contributed by atoms with E-state index in [0.29, 0.717) is 11.3 Å². The fourth-order valence-electron chi connectivity index (χ4n) is 4.81. The van der Waals surface area contributed by atoms with E-state index in [0.717, 1.165) is 50.2 Å². The van der Waals surface area contributed by atoms with Crippen molar-refractivity contribution < 1.29 is 17.7 Å². The second-order valence-electron chi connectivity index (χ2n) is 9.20. The van der Waals surface area contributed by atoms with Crippen LogP contribution in [0.4, 0.5) is 13.2 Å². The molecule has 0 atom stereocenters. The van der Waals surface area contributed by atoms with Crippen molar-refractivity contribution in [2.45, 2.75) is 54.6 Å². The number of rotatable bonds is 2. The lowest BCUT2D eigenvalue weighted by Gasteiger charge is -2.18. The molecule has 0 aliphatic carbocycles. The standard InChI is InChI=1S/C27H28F3N4/c1-13-10-16(4)21(17(5)11-13)22-23(20-12-14(2)9-15(3)18(20)6)34(8)26-25(32-22)33-24(19(7)31-26)27(28,29)30/h9-12H,1-8H3/q+1. The van der Waals surface area contributed by atoms with Gasteiger partial charge in [-0.05, 0) is 74.8 Å². The van der Waals surface area contributed by atoms with Crippen molar-refractivity contribution in [3.05, 3.63) is 69.0 Å². The predicted molar refractivity (Wildman–Crippen MR) is 128 cm³/mol. The molecule has 4 aromatic rings. The van der Waals surface area contributed by atoms with E-state index in [4.69, 9.17) is 4.98 Å². The first-order chi connectivity index (χ1) is 15.8. The summed E-state index contributed by atoms with van der Waals surface area (Å²) in [6.45, 7) is 13.5. The SMILES string of the molecule is Cc1cc(C)c(-c2nc3nc(C(F)(F)F)c(C)nc3[n+](C)c2-c2cc(C)cc(C)c2C)c(C)c1.